The Balaban J connectivity index is 0.000000381. The van der Waals surface area contributed by atoms with Gasteiger partial charge in [0, 0.05) is 32.7 Å². The third-order valence-corrected chi connectivity index (χ3v) is 10.2. The fourth-order valence-electron chi connectivity index (χ4n) is 4.07. The SMILES string of the molecule is COc1ccc([S-])cc1.[Ni+2].[c-]1c(OP(c2ccccc2)c2ccccc2)cccc1OP(c1ccccc1)c1ccccc1. The van der Waals surface area contributed by atoms with Crippen molar-refractivity contribution in [1.82, 2.24) is 0 Å². The molecule has 0 N–H and O–H groups in total. The third kappa shape index (κ3) is 9.65. The van der Waals surface area contributed by atoms with E-state index in [0.29, 0.717) is 11.5 Å². The summed E-state index contributed by atoms with van der Waals surface area (Å²) in [5, 5.41) is 4.61. The van der Waals surface area contributed by atoms with Gasteiger partial charge in [0.2, 0.25) is 0 Å². The second-order valence-corrected chi connectivity index (χ2v) is 13.2. The van der Waals surface area contributed by atoms with Crippen LogP contribution in [-0.2, 0) is 29.1 Å². The van der Waals surface area contributed by atoms with E-state index in [4.69, 9.17) is 26.4 Å². The molecule has 0 spiro atoms. The van der Waals surface area contributed by atoms with Crippen molar-refractivity contribution in [1.29, 1.82) is 0 Å². The first-order valence-corrected chi connectivity index (χ1v) is 16.6. The molecule has 0 unspecified atom stereocenters. The molecule has 0 aliphatic rings. The standard InChI is InChI=1S/C30H23O2P2.C7H8OS.Ni/c1-5-16-27(17-6-1)33(28-18-7-2-8-19-28)31-25-14-13-15-26(24-25)32-34(29-20-9-3-10-21-29)30-22-11-4-12-23-30;1-8-6-2-4-7(9)5-3-6;/h1-23H;2-5,9H,1H3;/q-1;;+2/p-1. The molecule has 0 aromatic heterocycles. The van der Waals surface area contributed by atoms with Crippen LogP contribution in [0.1, 0.15) is 0 Å². The summed E-state index contributed by atoms with van der Waals surface area (Å²) in [7, 11) is -0.421. The van der Waals surface area contributed by atoms with E-state index in [1.807, 2.05) is 115 Å². The second-order valence-electron chi connectivity index (χ2n) is 9.17. The van der Waals surface area contributed by atoms with Crippen LogP contribution in [0.5, 0.6) is 17.2 Å². The largest absolute Gasteiger partial charge is 2.00 e. The van der Waals surface area contributed by atoms with Gasteiger partial charge in [-0.25, -0.2) is 0 Å². The number of hydrogen-bond acceptors (Lipinski definition) is 4. The summed E-state index contributed by atoms with van der Waals surface area (Å²) in [5.74, 6) is 2.20. The van der Waals surface area contributed by atoms with Crippen molar-refractivity contribution in [2.45, 2.75) is 4.90 Å². The minimum absolute atomic E-state index is 0. The third-order valence-electron chi connectivity index (χ3n) is 6.14. The van der Waals surface area contributed by atoms with Crippen LogP contribution in [0.15, 0.2) is 169 Å². The molecule has 0 amide bonds. The van der Waals surface area contributed by atoms with Gasteiger partial charge < -0.3 is 26.4 Å². The summed E-state index contributed by atoms with van der Waals surface area (Å²) in [5.41, 5.74) is 0. The van der Waals surface area contributed by atoms with Gasteiger partial charge in [-0.2, -0.15) is 11.0 Å². The van der Waals surface area contributed by atoms with E-state index < -0.39 is 16.3 Å². The summed E-state index contributed by atoms with van der Waals surface area (Å²) >= 11 is 4.86. The number of hydrogen-bond donors (Lipinski definition) is 0. The molecule has 0 saturated carbocycles. The molecule has 222 valence electrons. The first-order valence-electron chi connectivity index (χ1n) is 13.7. The number of benzene rings is 6. The molecule has 6 aromatic carbocycles. The summed E-state index contributed by atoms with van der Waals surface area (Å²) < 4.78 is 18.0. The predicted octanol–water partition coefficient (Wildman–Crippen LogP) is 7.94. The van der Waals surface area contributed by atoms with E-state index in [1.165, 1.54) is 0 Å². The zero-order valence-electron chi connectivity index (χ0n) is 23.9. The molecule has 0 aliphatic carbocycles. The molecule has 44 heavy (non-hydrogen) atoms. The van der Waals surface area contributed by atoms with Crippen molar-refractivity contribution in [2.24, 2.45) is 0 Å². The van der Waals surface area contributed by atoms with Gasteiger partial charge in [0.1, 0.15) is 22.0 Å². The van der Waals surface area contributed by atoms with Gasteiger partial charge in [0.05, 0.1) is 7.11 Å². The summed E-state index contributed by atoms with van der Waals surface area (Å²) in [4.78, 5) is 0.843. The Morgan fingerprint density at radius 3 is 1.11 bits per heavy atom. The van der Waals surface area contributed by atoms with E-state index in [9.17, 15) is 0 Å². The van der Waals surface area contributed by atoms with Gasteiger partial charge in [0.25, 0.3) is 0 Å². The Labute approximate surface area is 278 Å². The van der Waals surface area contributed by atoms with Crippen molar-refractivity contribution in [3.05, 3.63) is 170 Å². The fourth-order valence-corrected chi connectivity index (χ4v) is 7.60. The van der Waals surface area contributed by atoms with Gasteiger partial charge in [-0.3, -0.25) is 0 Å². The molecule has 0 saturated heterocycles. The Morgan fingerprint density at radius 2 is 0.795 bits per heavy atom. The summed E-state index contributed by atoms with van der Waals surface area (Å²) in [6, 6.07) is 58.0. The minimum Gasteiger partial charge on any atom is -0.780 e. The number of methoxy groups -OCH3 is 1. The minimum atomic E-state index is -1.03. The van der Waals surface area contributed by atoms with Crippen LogP contribution >= 0.6 is 16.3 Å². The van der Waals surface area contributed by atoms with E-state index in [1.54, 1.807) is 7.11 Å². The van der Waals surface area contributed by atoms with Crippen molar-refractivity contribution in [3.8, 4) is 17.2 Å². The molecule has 0 fully saturated rings. The van der Waals surface area contributed by atoms with Gasteiger partial charge in [-0.1, -0.05) is 140 Å². The second kappa shape index (κ2) is 17.6. The summed E-state index contributed by atoms with van der Waals surface area (Å²) in [6.07, 6.45) is 0. The average molecular weight is 675 g/mol. The molecular formula is C37H30NiO3P2S. The first-order chi connectivity index (χ1) is 21.2. The molecule has 0 bridgehead atoms. The first kappa shape index (κ1) is 33.2. The normalized spacial score (nSPS) is 10.2. The van der Waals surface area contributed by atoms with Crippen molar-refractivity contribution >= 4 is 50.1 Å². The average Bonchev–Trinajstić information content (AvgIpc) is 3.08. The van der Waals surface area contributed by atoms with Crippen LogP contribution in [0.2, 0.25) is 0 Å². The molecule has 0 atom stereocenters. The predicted molar refractivity (Wildman–Crippen MR) is 183 cm³/mol. The maximum absolute atomic E-state index is 6.56. The zero-order valence-corrected chi connectivity index (χ0v) is 27.5. The maximum Gasteiger partial charge on any atom is 2.00 e. The Hall–Kier alpha value is -3.71. The topological polar surface area (TPSA) is 27.7 Å². The molecule has 0 radical (unpaired) electrons. The van der Waals surface area contributed by atoms with Gasteiger partial charge in [-0.05, 0) is 12.1 Å². The van der Waals surface area contributed by atoms with Crippen molar-refractivity contribution in [3.63, 3.8) is 0 Å². The molecular weight excluding hydrogens is 645 g/mol. The fraction of sp³-hybridized carbons (Fsp3) is 0.0270. The van der Waals surface area contributed by atoms with Gasteiger partial charge in [-0.15, -0.1) is 12.1 Å². The van der Waals surface area contributed by atoms with Crippen LogP contribution < -0.4 is 35.0 Å². The smallest absolute Gasteiger partial charge is 0.780 e. The zero-order chi connectivity index (χ0) is 29.7. The molecule has 6 aromatic rings. The number of ether oxygens (including phenoxy) is 1. The Bertz CT molecular complexity index is 1480. The Kier molecular flexibility index (Phi) is 13.2. The van der Waals surface area contributed by atoms with E-state index >= 15 is 0 Å². The van der Waals surface area contributed by atoms with Crippen LogP contribution in [0.25, 0.3) is 0 Å². The van der Waals surface area contributed by atoms with Crippen LogP contribution in [0.4, 0.5) is 0 Å². The van der Waals surface area contributed by atoms with Crippen LogP contribution in [0, 0.1) is 6.07 Å². The molecule has 6 rings (SSSR count). The monoisotopic (exact) mass is 674 g/mol. The van der Waals surface area contributed by atoms with Crippen molar-refractivity contribution in [2.75, 3.05) is 7.11 Å². The molecule has 7 heteroatoms. The van der Waals surface area contributed by atoms with Gasteiger partial charge >= 0.3 is 16.5 Å². The van der Waals surface area contributed by atoms with Crippen LogP contribution in [-0.4, -0.2) is 7.11 Å². The molecule has 0 heterocycles. The molecule has 0 aliphatic heterocycles. The Morgan fingerprint density at radius 1 is 0.455 bits per heavy atom. The van der Waals surface area contributed by atoms with E-state index in [0.717, 1.165) is 31.9 Å². The number of rotatable bonds is 9. The maximum atomic E-state index is 6.56. The van der Waals surface area contributed by atoms with E-state index in [2.05, 4.69) is 54.6 Å². The molecule has 3 nitrogen and oxygen atoms in total. The quantitative estimate of drug-likeness (QED) is 0.0674. The summed E-state index contributed by atoms with van der Waals surface area (Å²) in [6.45, 7) is 0. The van der Waals surface area contributed by atoms with Crippen molar-refractivity contribution < 1.29 is 30.3 Å². The van der Waals surface area contributed by atoms with Gasteiger partial charge in [0.15, 0.2) is 0 Å². The van der Waals surface area contributed by atoms with E-state index in [-0.39, 0.29) is 16.5 Å². The van der Waals surface area contributed by atoms with Crippen LogP contribution in [0.3, 0.4) is 0 Å².